The highest BCUT2D eigenvalue weighted by Gasteiger charge is 2.24. The van der Waals surface area contributed by atoms with Crippen LogP contribution in [0.15, 0.2) is 0 Å². The van der Waals surface area contributed by atoms with Gasteiger partial charge in [-0.25, -0.2) is 0 Å². The summed E-state index contributed by atoms with van der Waals surface area (Å²) in [7, 11) is 1.94. The molecule has 0 aromatic heterocycles. The highest BCUT2D eigenvalue weighted by Crippen LogP contribution is 2.29. The fourth-order valence-electron chi connectivity index (χ4n) is 2.41. The molecule has 0 saturated heterocycles. The van der Waals surface area contributed by atoms with Crippen molar-refractivity contribution in [3.05, 3.63) is 0 Å². The van der Waals surface area contributed by atoms with Crippen LogP contribution >= 0.6 is 0 Å². The zero-order valence-electron chi connectivity index (χ0n) is 12.5. The molecule has 0 bridgehead atoms. The summed E-state index contributed by atoms with van der Waals surface area (Å²) in [6.45, 7) is 8.39. The fraction of sp³-hybridized carbons (Fsp3) is 1.00. The predicted molar refractivity (Wildman–Crippen MR) is 77.9 cm³/mol. The average Bonchev–Trinajstić information content (AvgIpc) is 3.18. The molecule has 1 aliphatic carbocycles. The van der Waals surface area contributed by atoms with Gasteiger partial charge >= 0.3 is 0 Å². The summed E-state index contributed by atoms with van der Waals surface area (Å²) in [6.07, 6.45) is 7.67. The molecule has 0 aliphatic heterocycles. The number of rotatable bonds is 11. The molecule has 18 heavy (non-hydrogen) atoms. The van der Waals surface area contributed by atoms with E-state index in [2.05, 4.69) is 24.1 Å². The summed E-state index contributed by atoms with van der Waals surface area (Å²) in [5.41, 5.74) is -0.0912. The summed E-state index contributed by atoms with van der Waals surface area (Å²) in [5.74, 6) is 0.997. The van der Waals surface area contributed by atoms with E-state index in [4.69, 9.17) is 0 Å². The lowest BCUT2D eigenvalue weighted by Gasteiger charge is -2.27. The fourth-order valence-corrected chi connectivity index (χ4v) is 2.41. The Kier molecular flexibility index (Phi) is 7.20. The molecular formula is C15H32N2O. The van der Waals surface area contributed by atoms with Gasteiger partial charge in [0.1, 0.15) is 0 Å². The van der Waals surface area contributed by atoms with Gasteiger partial charge in [-0.05, 0) is 65.1 Å². The normalized spacial score (nSPS) is 19.2. The van der Waals surface area contributed by atoms with E-state index in [0.29, 0.717) is 0 Å². The lowest BCUT2D eigenvalue weighted by molar-refractivity contribution is 0.168. The molecule has 0 heterocycles. The minimum absolute atomic E-state index is 0.0912. The van der Waals surface area contributed by atoms with Gasteiger partial charge in [0.25, 0.3) is 0 Å². The van der Waals surface area contributed by atoms with Crippen LogP contribution in [0.3, 0.4) is 0 Å². The number of hydrogen-bond donors (Lipinski definition) is 2. The SMILES string of the molecule is CCCN(CCCCC(C)(CO)NC)CC1CC1. The topological polar surface area (TPSA) is 35.5 Å². The molecule has 2 N–H and O–H groups in total. The molecule has 0 aromatic carbocycles. The lowest BCUT2D eigenvalue weighted by atomic mass is 9.96. The largest absolute Gasteiger partial charge is 0.394 e. The quantitative estimate of drug-likeness (QED) is 0.557. The zero-order valence-corrected chi connectivity index (χ0v) is 12.5. The molecule has 0 amide bonds. The van der Waals surface area contributed by atoms with Crippen LogP contribution in [0, 0.1) is 5.92 Å². The van der Waals surface area contributed by atoms with Gasteiger partial charge in [0, 0.05) is 12.1 Å². The number of aliphatic hydroxyl groups is 1. The Morgan fingerprint density at radius 2 is 2.00 bits per heavy atom. The number of nitrogens with zero attached hydrogens (tertiary/aromatic N) is 1. The van der Waals surface area contributed by atoms with Crippen molar-refractivity contribution in [2.45, 2.75) is 57.9 Å². The highest BCUT2D eigenvalue weighted by molar-refractivity contribution is 4.81. The molecule has 1 atom stereocenters. The molecule has 0 radical (unpaired) electrons. The Morgan fingerprint density at radius 3 is 2.50 bits per heavy atom. The van der Waals surface area contributed by atoms with Crippen LogP contribution in [-0.2, 0) is 0 Å². The molecule has 3 heteroatoms. The molecule has 1 fully saturated rings. The smallest absolute Gasteiger partial charge is 0.0610 e. The maximum absolute atomic E-state index is 9.33. The molecule has 1 rings (SSSR count). The number of hydrogen-bond acceptors (Lipinski definition) is 3. The first-order chi connectivity index (χ1) is 8.63. The first-order valence-corrected chi connectivity index (χ1v) is 7.65. The number of unbranched alkanes of at least 4 members (excludes halogenated alkanes) is 1. The van der Waals surface area contributed by atoms with E-state index in [1.807, 2.05) is 7.05 Å². The van der Waals surface area contributed by atoms with Gasteiger partial charge in [0.2, 0.25) is 0 Å². The van der Waals surface area contributed by atoms with Crippen LogP contribution in [0.1, 0.15) is 52.4 Å². The van der Waals surface area contributed by atoms with Gasteiger partial charge in [0.05, 0.1) is 6.61 Å². The second kappa shape index (κ2) is 8.13. The van der Waals surface area contributed by atoms with E-state index < -0.39 is 0 Å². The molecular weight excluding hydrogens is 224 g/mol. The van der Waals surface area contributed by atoms with Crippen LogP contribution in [0.2, 0.25) is 0 Å². The molecule has 1 aliphatic rings. The van der Waals surface area contributed by atoms with Crippen molar-refractivity contribution < 1.29 is 5.11 Å². The second-order valence-electron chi connectivity index (χ2n) is 6.17. The Bertz CT molecular complexity index is 213. The first-order valence-electron chi connectivity index (χ1n) is 7.65. The molecule has 1 saturated carbocycles. The second-order valence-corrected chi connectivity index (χ2v) is 6.17. The summed E-state index contributed by atoms with van der Waals surface area (Å²) in [6, 6.07) is 0. The molecule has 0 aromatic rings. The summed E-state index contributed by atoms with van der Waals surface area (Å²) in [5, 5.41) is 12.6. The van der Waals surface area contributed by atoms with Crippen molar-refractivity contribution in [2.75, 3.05) is 33.3 Å². The van der Waals surface area contributed by atoms with Crippen molar-refractivity contribution in [1.29, 1.82) is 0 Å². The van der Waals surface area contributed by atoms with Crippen molar-refractivity contribution in [3.8, 4) is 0 Å². The van der Waals surface area contributed by atoms with E-state index >= 15 is 0 Å². The van der Waals surface area contributed by atoms with Gasteiger partial charge in [-0.2, -0.15) is 0 Å². The van der Waals surface area contributed by atoms with Crippen molar-refractivity contribution in [2.24, 2.45) is 5.92 Å². The van der Waals surface area contributed by atoms with Crippen LogP contribution < -0.4 is 5.32 Å². The minimum Gasteiger partial charge on any atom is -0.394 e. The lowest BCUT2D eigenvalue weighted by Crippen LogP contribution is -2.43. The Hall–Kier alpha value is -0.120. The standard InChI is InChI=1S/C15H32N2O/c1-4-10-17(12-14-7-8-14)11-6-5-9-15(2,13-18)16-3/h14,16,18H,4-13H2,1-3H3. The Morgan fingerprint density at radius 1 is 1.28 bits per heavy atom. The monoisotopic (exact) mass is 256 g/mol. The van der Waals surface area contributed by atoms with Gasteiger partial charge in [-0.15, -0.1) is 0 Å². The maximum Gasteiger partial charge on any atom is 0.0610 e. The number of likely N-dealkylation sites (N-methyl/N-ethyl adjacent to an activating group) is 1. The third-order valence-corrected chi connectivity index (χ3v) is 4.16. The zero-order chi connectivity index (χ0) is 13.4. The van der Waals surface area contributed by atoms with Crippen molar-refractivity contribution in [3.63, 3.8) is 0 Å². The van der Waals surface area contributed by atoms with Gasteiger partial charge < -0.3 is 15.3 Å². The number of aliphatic hydroxyl groups excluding tert-OH is 1. The molecule has 3 nitrogen and oxygen atoms in total. The maximum atomic E-state index is 9.33. The van der Waals surface area contributed by atoms with Gasteiger partial charge in [-0.1, -0.05) is 13.3 Å². The van der Waals surface area contributed by atoms with E-state index in [1.54, 1.807) is 0 Å². The van der Waals surface area contributed by atoms with Crippen LogP contribution in [0.25, 0.3) is 0 Å². The number of nitrogens with one attached hydrogen (secondary N) is 1. The van der Waals surface area contributed by atoms with E-state index in [-0.39, 0.29) is 12.1 Å². The third-order valence-electron chi connectivity index (χ3n) is 4.16. The van der Waals surface area contributed by atoms with E-state index in [9.17, 15) is 5.11 Å². The van der Waals surface area contributed by atoms with Crippen LogP contribution in [0.4, 0.5) is 0 Å². The highest BCUT2D eigenvalue weighted by atomic mass is 16.3. The van der Waals surface area contributed by atoms with Crippen LogP contribution in [-0.4, -0.2) is 48.8 Å². The van der Waals surface area contributed by atoms with Crippen molar-refractivity contribution in [1.82, 2.24) is 10.2 Å². The summed E-state index contributed by atoms with van der Waals surface area (Å²) >= 11 is 0. The average molecular weight is 256 g/mol. The predicted octanol–water partition coefficient (Wildman–Crippen LogP) is 2.25. The first kappa shape index (κ1) is 15.9. The summed E-state index contributed by atoms with van der Waals surface area (Å²) < 4.78 is 0. The molecule has 1 unspecified atom stereocenters. The van der Waals surface area contributed by atoms with Crippen molar-refractivity contribution >= 4 is 0 Å². The Labute approximate surface area is 113 Å². The van der Waals surface area contributed by atoms with Gasteiger partial charge in [0.15, 0.2) is 0 Å². The summed E-state index contributed by atoms with van der Waals surface area (Å²) in [4.78, 5) is 2.63. The third kappa shape index (κ3) is 6.17. The van der Waals surface area contributed by atoms with E-state index in [1.165, 1.54) is 51.7 Å². The minimum atomic E-state index is -0.0912. The molecule has 108 valence electrons. The van der Waals surface area contributed by atoms with Gasteiger partial charge in [-0.3, -0.25) is 0 Å². The Balaban J connectivity index is 2.13. The molecule has 0 spiro atoms. The van der Waals surface area contributed by atoms with Crippen LogP contribution in [0.5, 0.6) is 0 Å². The van der Waals surface area contributed by atoms with E-state index in [0.717, 1.165) is 12.3 Å².